The first-order valence-corrected chi connectivity index (χ1v) is 7.96. The monoisotopic (exact) mass is 335 g/mol. The van der Waals surface area contributed by atoms with Gasteiger partial charge < -0.3 is 14.4 Å². The molecule has 0 atom stereocenters. The first-order valence-electron chi connectivity index (χ1n) is 7.96. The van der Waals surface area contributed by atoms with Crippen LogP contribution >= 0.6 is 0 Å². The van der Waals surface area contributed by atoms with Gasteiger partial charge in [0.25, 0.3) is 0 Å². The van der Waals surface area contributed by atoms with Gasteiger partial charge in [-0.1, -0.05) is 30.3 Å². The van der Waals surface area contributed by atoms with Crippen LogP contribution in [0.2, 0.25) is 0 Å². The molecule has 2 aromatic carbocycles. The van der Waals surface area contributed by atoms with Crippen molar-refractivity contribution in [3.63, 3.8) is 0 Å². The fourth-order valence-corrected chi connectivity index (χ4v) is 2.53. The molecule has 0 spiro atoms. The van der Waals surface area contributed by atoms with E-state index in [4.69, 9.17) is 9.47 Å². The summed E-state index contributed by atoms with van der Waals surface area (Å²) in [6, 6.07) is 17.9. The lowest BCUT2D eigenvalue weighted by Crippen LogP contribution is -2.13. The van der Waals surface area contributed by atoms with Crippen molar-refractivity contribution < 1.29 is 9.47 Å². The zero-order valence-corrected chi connectivity index (χ0v) is 14.9. The Balaban J connectivity index is 2.14. The fraction of sp³-hybridized carbons (Fsp3) is 0.200. The average molecular weight is 335 g/mol. The molecule has 128 valence electrons. The molecule has 0 aliphatic heterocycles. The maximum absolute atomic E-state index is 5.41. The van der Waals surface area contributed by atoms with Gasteiger partial charge in [-0.2, -0.15) is 0 Å². The largest absolute Gasteiger partial charge is 0.493 e. The van der Waals surface area contributed by atoms with Gasteiger partial charge in [0.2, 0.25) is 5.95 Å². The minimum Gasteiger partial charge on any atom is -0.493 e. The highest BCUT2D eigenvalue weighted by molar-refractivity contribution is 5.71. The lowest BCUT2D eigenvalue weighted by molar-refractivity contribution is 0.355. The molecule has 0 N–H and O–H groups in total. The third-order valence-corrected chi connectivity index (χ3v) is 3.86. The molecule has 0 bridgehead atoms. The summed E-state index contributed by atoms with van der Waals surface area (Å²) >= 11 is 0. The number of aromatic nitrogens is 2. The second-order valence-corrected chi connectivity index (χ2v) is 5.77. The van der Waals surface area contributed by atoms with Crippen LogP contribution in [0.25, 0.3) is 22.5 Å². The van der Waals surface area contributed by atoms with E-state index in [9.17, 15) is 0 Å². The normalized spacial score (nSPS) is 10.4. The van der Waals surface area contributed by atoms with E-state index in [0.29, 0.717) is 17.4 Å². The van der Waals surface area contributed by atoms with Crippen molar-refractivity contribution in [2.45, 2.75) is 0 Å². The molecular weight excluding hydrogens is 314 g/mol. The van der Waals surface area contributed by atoms with Crippen LogP contribution in [0.5, 0.6) is 11.5 Å². The van der Waals surface area contributed by atoms with Crippen molar-refractivity contribution in [2.24, 2.45) is 0 Å². The van der Waals surface area contributed by atoms with Gasteiger partial charge in [0.1, 0.15) is 0 Å². The lowest BCUT2D eigenvalue weighted by atomic mass is 10.1. The van der Waals surface area contributed by atoms with E-state index in [0.717, 1.165) is 22.5 Å². The Morgan fingerprint density at radius 1 is 0.720 bits per heavy atom. The van der Waals surface area contributed by atoms with Crippen LogP contribution < -0.4 is 14.4 Å². The van der Waals surface area contributed by atoms with Gasteiger partial charge in [-0.05, 0) is 24.3 Å². The predicted octanol–water partition coefficient (Wildman–Crippen LogP) is 3.89. The van der Waals surface area contributed by atoms with Crippen LogP contribution in [0, 0.1) is 0 Å². The summed E-state index contributed by atoms with van der Waals surface area (Å²) < 4.78 is 10.7. The number of hydrogen-bond donors (Lipinski definition) is 0. The zero-order chi connectivity index (χ0) is 17.8. The average Bonchev–Trinajstić information content (AvgIpc) is 2.67. The molecule has 3 rings (SSSR count). The van der Waals surface area contributed by atoms with Crippen LogP contribution in [0.4, 0.5) is 5.95 Å². The molecule has 0 aliphatic rings. The summed E-state index contributed by atoms with van der Waals surface area (Å²) in [5.41, 5.74) is 3.71. The maximum atomic E-state index is 5.41. The van der Waals surface area contributed by atoms with Crippen molar-refractivity contribution in [3.8, 4) is 34.0 Å². The first-order chi connectivity index (χ1) is 12.1. The Morgan fingerprint density at radius 3 is 1.96 bits per heavy atom. The second-order valence-electron chi connectivity index (χ2n) is 5.77. The predicted molar refractivity (Wildman–Crippen MR) is 100 cm³/mol. The van der Waals surface area contributed by atoms with Crippen molar-refractivity contribution in [1.82, 2.24) is 9.97 Å². The molecule has 5 nitrogen and oxygen atoms in total. The van der Waals surface area contributed by atoms with E-state index in [-0.39, 0.29) is 0 Å². The van der Waals surface area contributed by atoms with Crippen LogP contribution in [0.1, 0.15) is 0 Å². The number of anilines is 1. The van der Waals surface area contributed by atoms with Gasteiger partial charge in [-0.3, -0.25) is 0 Å². The number of methoxy groups -OCH3 is 2. The highest BCUT2D eigenvalue weighted by Crippen LogP contribution is 2.33. The SMILES string of the molecule is COc1ccc(-c2cc(-c3ccccc3)nc(N(C)C)n2)cc1OC. The number of rotatable bonds is 5. The molecule has 0 saturated heterocycles. The van der Waals surface area contributed by atoms with Gasteiger partial charge in [0.15, 0.2) is 11.5 Å². The standard InChI is InChI=1S/C20H21N3O2/c1-23(2)20-21-16(14-8-6-5-7-9-14)13-17(22-20)15-10-11-18(24-3)19(12-15)25-4/h5-13H,1-4H3. The Morgan fingerprint density at radius 2 is 1.36 bits per heavy atom. The summed E-state index contributed by atoms with van der Waals surface area (Å²) in [4.78, 5) is 11.2. The Labute approximate surface area is 147 Å². The quantitative estimate of drug-likeness (QED) is 0.708. The highest BCUT2D eigenvalue weighted by atomic mass is 16.5. The van der Waals surface area contributed by atoms with E-state index >= 15 is 0 Å². The van der Waals surface area contributed by atoms with E-state index in [1.165, 1.54) is 0 Å². The minimum absolute atomic E-state index is 0.658. The number of benzene rings is 2. The molecule has 0 aliphatic carbocycles. The van der Waals surface area contributed by atoms with Crippen molar-refractivity contribution in [2.75, 3.05) is 33.2 Å². The molecular formula is C20H21N3O2. The molecule has 0 amide bonds. The van der Waals surface area contributed by atoms with E-state index in [2.05, 4.69) is 9.97 Å². The van der Waals surface area contributed by atoms with E-state index in [1.54, 1.807) is 14.2 Å². The molecule has 0 saturated carbocycles. The van der Waals surface area contributed by atoms with Crippen molar-refractivity contribution in [1.29, 1.82) is 0 Å². The molecule has 1 heterocycles. The summed E-state index contributed by atoms with van der Waals surface area (Å²) in [7, 11) is 7.12. The number of hydrogen-bond acceptors (Lipinski definition) is 5. The highest BCUT2D eigenvalue weighted by Gasteiger charge is 2.12. The van der Waals surface area contributed by atoms with Gasteiger partial charge in [0.05, 0.1) is 25.6 Å². The smallest absolute Gasteiger partial charge is 0.225 e. The Hall–Kier alpha value is -3.08. The summed E-state index contributed by atoms with van der Waals surface area (Å²) in [6.07, 6.45) is 0. The van der Waals surface area contributed by atoms with Crippen LogP contribution in [-0.4, -0.2) is 38.3 Å². The van der Waals surface area contributed by atoms with Gasteiger partial charge >= 0.3 is 0 Å². The van der Waals surface area contributed by atoms with Gasteiger partial charge in [0, 0.05) is 25.2 Å². The topological polar surface area (TPSA) is 47.5 Å². The minimum atomic E-state index is 0.658. The molecule has 1 aromatic heterocycles. The second kappa shape index (κ2) is 7.21. The number of nitrogens with zero attached hydrogens (tertiary/aromatic N) is 3. The van der Waals surface area contributed by atoms with Crippen LogP contribution in [-0.2, 0) is 0 Å². The molecule has 3 aromatic rings. The molecule has 25 heavy (non-hydrogen) atoms. The van der Waals surface area contributed by atoms with Crippen molar-refractivity contribution in [3.05, 3.63) is 54.6 Å². The maximum Gasteiger partial charge on any atom is 0.225 e. The summed E-state index contributed by atoms with van der Waals surface area (Å²) in [6.45, 7) is 0. The van der Waals surface area contributed by atoms with Gasteiger partial charge in [-0.25, -0.2) is 9.97 Å². The molecule has 0 unspecified atom stereocenters. The molecule has 0 fully saturated rings. The number of ether oxygens (including phenoxy) is 2. The van der Waals surface area contributed by atoms with E-state index < -0.39 is 0 Å². The van der Waals surface area contributed by atoms with Crippen molar-refractivity contribution >= 4 is 5.95 Å². The lowest BCUT2D eigenvalue weighted by Gasteiger charge is -2.15. The first kappa shape index (κ1) is 16.8. The van der Waals surface area contributed by atoms with Crippen LogP contribution in [0.3, 0.4) is 0 Å². The van der Waals surface area contributed by atoms with E-state index in [1.807, 2.05) is 73.6 Å². The third-order valence-electron chi connectivity index (χ3n) is 3.86. The zero-order valence-electron chi connectivity index (χ0n) is 14.9. The molecule has 5 heteroatoms. The summed E-state index contributed by atoms with van der Waals surface area (Å²) in [5.74, 6) is 2.02. The summed E-state index contributed by atoms with van der Waals surface area (Å²) in [5, 5.41) is 0. The molecule has 0 radical (unpaired) electrons. The van der Waals surface area contributed by atoms with Gasteiger partial charge in [-0.15, -0.1) is 0 Å². The van der Waals surface area contributed by atoms with Crippen LogP contribution in [0.15, 0.2) is 54.6 Å². The third kappa shape index (κ3) is 3.55. The fourth-order valence-electron chi connectivity index (χ4n) is 2.53. The Bertz CT molecular complexity index is 864. The Kier molecular flexibility index (Phi) is 4.84.